The van der Waals surface area contributed by atoms with Crippen LogP contribution in [0.4, 0.5) is 0 Å². The molecule has 0 bridgehead atoms. The van der Waals surface area contributed by atoms with Gasteiger partial charge in [0, 0.05) is 16.7 Å². The highest BCUT2D eigenvalue weighted by Crippen LogP contribution is 2.29. The Morgan fingerprint density at radius 1 is 1.20 bits per heavy atom. The van der Waals surface area contributed by atoms with Crippen molar-refractivity contribution in [2.24, 2.45) is 0 Å². The lowest BCUT2D eigenvalue weighted by atomic mass is 10.1. The first-order valence-corrected chi connectivity index (χ1v) is 6.21. The van der Waals surface area contributed by atoms with Crippen molar-refractivity contribution < 1.29 is 5.11 Å². The first-order valence-electron chi connectivity index (χ1n) is 5.84. The molecule has 1 N–H and O–H groups in total. The molecule has 7 heteroatoms. The van der Waals surface area contributed by atoms with E-state index in [2.05, 4.69) is 20.3 Å². The Morgan fingerprint density at radius 2 is 2.05 bits per heavy atom. The van der Waals surface area contributed by atoms with Crippen molar-refractivity contribution >= 4 is 11.6 Å². The van der Waals surface area contributed by atoms with Crippen LogP contribution in [0.5, 0.6) is 5.88 Å². The number of nitrogens with zero attached hydrogens (tertiary/aromatic N) is 5. The number of aromatic nitrogens is 5. The maximum Gasteiger partial charge on any atom is 0.214 e. The van der Waals surface area contributed by atoms with Crippen LogP contribution in [0.15, 0.2) is 36.8 Å². The highest BCUT2D eigenvalue weighted by molar-refractivity contribution is 6.31. The molecule has 0 unspecified atom stereocenters. The van der Waals surface area contributed by atoms with Gasteiger partial charge in [0.05, 0.1) is 23.3 Å². The number of rotatable bonds is 2. The average Bonchev–Trinajstić information content (AvgIpc) is 2.85. The monoisotopic (exact) mass is 287 g/mol. The predicted octanol–water partition coefficient (Wildman–Crippen LogP) is 2.39. The fraction of sp³-hybridized carbons (Fsp3) is 0.0769. The highest BCUT2D eigenvalue weighted by atomic mass is 35.5. The van der Waals surface area contributed by atoms with Crippen LogP contribution in [0.3, 0.4) is 0 Å². The second kappa shape index (κ2) is 4.90. The standard InChI is InChI=1S/C13H10ClN5O/c1-8-6-19(18-17-8)12-3-2-9(14)4-10(12)11-5-13(20)16-7-15-11/h2-7H,1H3,(H,15,16,20). The topological polar surface area (TPSA) is 76.7 Å². The third-order valence-electron chi connectivity index (χ3n) is 2.74. The van der Waals surface area contributed by atoms with E-state index < -0.39 is 0 Å². The molecule has 3 rings (SSSR count). The van der Waals surface area contributed by atoms with Crippen molar-refractivity contribution in [3.63, 3.8) is 0 Å². The van der Waals surface area contributed by atoms with Crippen LogP contribution in [0.25, 0.3) is 16.9 Å². The van der Waals surface area contributed by atoms with Crippen LogP contribution in [0.2, 0.25) is 5.02 Å². The minimum atomic E-state index is -0.101. The molecule has 0 amide bonds. The summed E-state index contributed by atoms with van der Waals surface area (Å²) < 4.78 is 1.64. The number of hydrogen-bond acceptors (Lipinski definition) is 5. The smallest absolute Gasteiger partial charge is 0.214 e. The summed E-state index contributed by atoms with van der Waals surface area (Å²) in [5.74, 6) is -0.101. The number of aromatic hydroxyl groups is 1. The molecule has 0 aliphatic heterocycles. The minimum absolute atomic E-state index is 0.101. The normalized spacial score (nSPS) is 10.7. The van der Waals surface area contributed by atoms with Crippen molar-refractivity contribution in [3.8, 4) is 22.8 Å². The Hall–Kier alpha value is -2.47. The van der Waals surface area contributed by atoms with Gasteiger partial charge in [0.1, 0.15) is 6.33 Å². The Kier molecular flexibility index (Phi) is 3.08. The molecule has 2 heterocycles. The summed E-state index contributed by atoms with van der Waals surface area (Å²) in [6.07, 6.45) is 3.09. The maximum atomic E-state index is 9.49. The van der Waals surface area contributed by atoms with Crippen LogP contribution in [-0.4, -0.2) is 30.1 Å². The van der Waals surface area contributed by atoms with Crippen LogP contribution < -0.4 is 0 Å². The van der Waals surface area contributed by atoms with Gasteiger partial charge < -0.3 is 5.11 Å². The molecule has 0 saturated carbocycles. The summed E-state index contributed by atoms with van der Waals surface area (Å²) in [7, 11) is 0. The van der Waals surface area contributed by atoms with E-state index in [-0.39, 0.29) is 5.88 Å². The van der Waals surface area contributed by atoms with Crippen LogP contribution in [0.1, 0.15) is 5.69 Å². The van der Waals surface area contributed by atoms with Crippen molar-refractivity contribution in [2.75, 3.05) is 0 Å². The number of halogens is 1. The van der Waals surface area contributed by atoms with Gasteiger partial charge in [0.15, 0.2) is 0 Å². The molecule has 3 aromatic rings. The lowest BCUT2D eigenvalue weighted by molar-refractivity contribution is 0.452. The van der Waals surface area contributed by atoms with E-state index in [0.29, 0.717) is 10.7 Å². The van der Waals surface area contributed by atoms with E-state index in [1.54, 1.807) is 23.0 Å². The Labute approximate surface area is 119 Å². The quantitative estimate of drug-likeness (QED) is 0.783. The molecule has 2 aromatic heterocycles. The third kappa shape index (κ3) is 2.33. The van der Waals surface area contributed by atoms with Gasteiger partial charge >= 0.3 is 0 Å². The fourth-order valence-electron chi connectivity index (χ4n) is 1.87. The molecular weight excluding hydrogens is 278 g/mol. The molecule has 0 atom stereocenters. The summed E-state index contributed by atoms with van der Waals surface area (Å²) >= 11 is 6.05. The number of hydrogen-bond donors (Lipinski definition) is 1. The lowest BCUT2D eigenvalue weighted by Crippen LogP contribution is -1.99. The first kappa shape index (κ1) is 12.6. The van der Waals surface area contributed by atoms with Crippen molar-refractivity contribution in [1.82, 2.24) is 25.0 Å². The Morgan fingerprint density at radius 3 is 2.75 bits per heavy atom. The molecule has 0 aliphatic rings. The predicted molar refractivity (Wildman–Crippen MR) is 73.8 cm³/mol. The second-order valence-corrected chi connectivity index (χ2v) is 4.66. The van der Waals surface area contributed by atoms with E-state index in [9.17, 15) is 5.11 Å². The highest BCUT2D eigenvalue weighted by Gasteiger charge is 2.11. The van der Waals surface area contributed by atoms with Gasteiger partial charge in [0.25, 0.3) is 0 Å². The number of aryl methyl sites for hydroxylation is 1. The van der Waals surface area contributed by atoms with Crippen molar-refractivity contribution in [2.45, 2.75) is 6.92 Å². The van der Waals surface area contributed by atoms with Gasteiger partial charge in [-0.2, -0.15) is 0 Å². The van der Waals surface area contributed by atoms with Gasteiger partial charge in [-0.25, -0.2) is 14.6 Å². The Bertz CT molecular complexity index is 771. The van der Waals surface area contributed by atoms with E-state index in [1.807, 2.05) is 13.0 Å². The summed E-state index contributed by atoms with van der Waals surface area (Å²) in [5, 5.41) is 18.1. The summed E-state index contributed by atoms with van der Waals surface area (Å²) in [6.45, 7) is 1.86. The molecule has 0 aliphatic carbocycles. The third-order valence-corrected chi connectivity index (χ3v) is 2.98. The molecule has 20 heavy (non-hydrogen) atoms. The first-order chi connectivity index (χ1) is 9.63. The average molecular weight is 288 g/mol. The molecule has 0 spiro atoms. The van der Waals surface area contributed by atoms with Gasteiger partial charge in [-0.3, -0.25) is 0 Å². The molecule has 0 fully saturated rings. The fourth-order valence-corrected chi connectivity index (χ4v) is 2.04. The van der Waals surface area contributed by atoms with Gasteiger partial charge in [-0.05, 0) is 25.1 Å². The SMILES string of the molecule is Cc1cn(-c2ccc(Cl)cc2-c2cc(O)ncn2)nn1. The minimum Gasteiger partial charge on any atom is -0.493 e. The zero-order chi connectivity index (χ0) is 14.1. The van der Waals surface area contributed by atoms with E-state index in [1.165, 1.54) is 12.4 Å². The zero-order valence-electron chi connectivity index (χ0n) is 10.5. The van der Waals surface area contributed by atoms with Crippen molar-refractivity contribution in [3.05, 3.63) is 47.5 Å². The lowest BCUT2D eigenvalue weighted by Gasteiger charge is -2.09. The van der Waals surface area contributed by atoms with Gasteiger partial charge in [-0.1, -0.05) is 16.8 Å². The largest absolute Gasteiger partial charge is 0.493 e. The molecule has 100 valence electrons. The molecule has 6 nitrogen and oxygen atoms in total. The van der Waals surface area contributed by atoms with Gasteiger partial charge in [-0.15, -0.1) is 5.10 Å². The van der Waals surface area contributed by atoms with Crippen LogP contribution in [0, 0.1) is 6.92 Å². The van der Waals surface area contributed by atoms with Crippen LogP contribution in [-0.2, 0) is 0 Å². The molecule has 1 aromatic carbocycles. The molecule has 0 radical (unpaired) electrons. The second-order valence-electron chi connectivity index (χ2n) is 4.23. The van der Waals surface area contributed by atoms with E-state index >= 15 is 0 Å². The Balaban J connectivity index is 2.21. The molecular formula is C13H10ClN5O. The number of benzene rings is 1. The van der Waals surface area contributed by atoms with E-state index in [4.69, 9.17) is 11.6 Å². The molecule has 0 saturated heterocycles. The summed E-state index contributed by atoms with van der Waals surface area (Å²) in [6, 6.07) is 6.82. The summed E-state index contributed by atoms with van der Waals surface area (Å²) in [4.78, 5) is 7.82. The van der Waals surface area contributed by atoms with Gasteiger partial charge in [0.2, 0.25) is 5.88 Å². The zero-order valence-corrected chi connectivity index (χ0v) is 11.3. The van der Waals surface area contributed by atoms with Crippen LogP contribution >= 0.6 is 11.6 Å². The van der Waals surface area contributed by atoms with E-state index in [0.717, 1.165) is 16.9 Å². The maximum absolute atomic E-state index is 9.49. The summed E-state index contributed by atoms with van der Waals surface area (Å²) in [5.41, 5.74) is 2.87. The van der Waals surface area contributed by atoms with Crippen molar-refractivity contribution in [1.29, 1.82) is 0 Å².